The van der Waals surface area contributed by atoms with E-state index in [0.29, 0.717) is 5.75 Å². The Morgan fingerprint density at radius 2 is 2.06 bits per heavy atom. The molecule has 1 aromatic carbocycles. The van der Waals surface area contributed by atoms with Crippen LogP contribution in [0.15, 0.2) is 30.5 Å². The highest BCUT2D eigenvalue weighted by molar-refractivity contribution is 6.08. The first-order valence-electron chi connectivity index (χ1n) is 9.57. The third-order valence-corrected chi connectivity index (χ3v) is 4.65. The maximum absolute atomic E-state index is 14.2. The minimum absolute atomic E-state index is 0.153. The number of alkyl halides is 3. The molecular weight excluding hydrogens is 452 g/mol. The molecule has 2 heterocycles. The van der Waals surface area contributed by atoms with Gasteiger partial charge in [0.1, 0.15) is 12.3 Å². The van der Waals surface area contributed by atoms with E-state index in [1.165, 1.54) is 32.5 Å². The van der Waals surface area contributed by atoms with Crippen molar-refractivity contribution in [3.05, 3.63) is 41.8 Å². The number of carbonyl (C=O) groups is 2. The number of benzene rings is 1. The van der Waals surface area contributed by atoms with Gasteiger partial charge >= 0.3 is 12.4 Å². The lowest BCUT2D eigenvalue weighted by atomic mass is 10.0. The third-order valence-electron chi connectivity index (χ3n) is 4.65. The van der Waals surface area contributed by atoms with Crippen molar-refractivity contribution in [1.29, 1.82) is 0 Å². The number of aromatic nitrogens is 1. The smallest absolute Gasteiger partial charge is 0.495 e. The molecule has 0 fully saturated rings. The molecule has 33 heavy (non-hydrogen) atoms. The van der Waals surface area contributed by atoms with Crippen molar-refractivity contribution >= 4 is 23.4 Å². The fourth-order valence-corrected chi connectivity index (χ4v) is 3.16. The second kappa shape index (κ2) is 9.90. The fraction of sp³-hybridized carbons (Fsp3) is 0.350. The molecule has 2 N–H and O–H groups in total. The summed E-state index contributed by atoms with van der Waals surface area (Å²) in [5, 5.41) is 5.24. The van der Waals surface area contributed by atoms with Crippen LogP contribution in [0.3, 0.4) is 0 Å². The Morgan fingerprint density at radius 1 is 1.30 bits per heavy atom. The number of hydrogen-bond acceptors (Lipinski definition) is 6. The summed E-state index contributed by atoms with van der Waals surface area (Å²) in [5.41, 5.74) is 0.436. The van der Waals surface area contributed by atoms with E-state index in [1.54, 1.807) is 0 Å². The average molecular weight is 472 g/mol. The van der Waals surface area contributed by atoms with Crippen LogP contribution in [0.4, 0.5) is 33.9 Å². The SMILES string of the molecule is COCC[C@@H](NC(=O)N1CC(=O)Nc2cc(OC)cnc21)c1ccc(OC(F)(F)F)c(F)c1. The predicted octanol–water partition coefficient (Wildman–Crippen LogP) is 3.37. The zero-order valence-electron chi connectivity index (χ0n) is 17.5. The number of carbonyl (C=O) groups excluding carboxylic acids is 2. The van der Waals surface area contributed by atoms with Crippen LogP contribution in [-0.4, -0.2) is 50.7 Å². The van der Waals surface area contributed by atoms with Crippen molar-refractivity contribution in [3.63, 3.8) is 0 Å². The van der Waals surface area contributed by atoms with Gasteiger partial charge in [-0.05, 0) is 24.1 Å². The monoisotopic (exact) mass is 472 g/mol. The second-order valence-electron chi connectivity index (χ2n) is 6.90. The van der Waals surface area contributed by atoms with Gasteiger partial charge in [0.2, 0.25) is 5.91 Å². The molecule has 1 aliphatic rings. The van der Waals surface area contributed by atoms with Gasteiger partial charge in [-0.2, -0.15) is 0 Å². The van der Waals surface area contributed by atoms with Gasteiger partial charge in [0, 0.05) is 19.8 Å². The Balaban J connectivity index is 1.84. The molecule has 3 amide bonds. The van der Waals surface area contributed by atoms with E-state index >= 15 is 0 Å². The largest absolute Gasteiger partial charge is 0.573 e. The number of methoxy groups -OCH3 is 2. The molecular formula is C20H20F4N4O5. The lowest BCUT2D eigenvalue weighted by Crippen LogP contribution is -2.48. The molecule has 1 atom stereocenters. The molecule has 0 saturated heterocycles. The maximum atomic E-state index is 14.2. The molecule has 9 nitrogen and oxygen atoms in total. The average Bonchev–Trinajstić information content (AvgIpc) is 2.75. The fourth-order valence-electron chi connectivity index (χ4n) is 3.16. The number of amides is 3. The first-order chi connectivity index (χ1) is 15.6. The first kappa shape index (κ1) is 24.0. The molecule has 1 aliphatic heterocycles. The molecule has 178 valence electrons. The lowest BCUT2D eigenvalue weighted by molar-refractivity contribution is -0.275. The number of anilines is 2. The van der Waals surface area contributed by atoms with Gasteiger partial charge in [0.05, 0.1) is 25.0 Å². The summed E-state index contributed by atoms with van der Waals surface area (Å²) in [5.74, 6) is -2.19. The summed E-state index contributed by atoms with van der Waals surface area (Å²) in [7, 11) is 2.84. The molecule has 1 aromatic heterocycles. The van der Waals surface area contributed by atoms with Gasteiger partial charge in [0.15, 0.2) is 17.4 Å². The van der Waals surface area contributed by atoms with Crippen LogP contribution in [0, 0.1) is 5.82 Å². The van der Waals surface area contributed by atoms with E-state index in [2.05, 4.69) is 20.4 Å². The lowest BCUT2D eigenvalue weighted by Gasteiger charge is -2.30. The van der Waals surface area contributed by atoms with Crippen LogP contribution < -0.4 is 25.0 Å². The Morgan fingerprint density at radius 3 is 2.70 bits per heavy atom. The third kappa shape index (κ3) is 6.00. The Labute approximate surface area is 185 Å². The molecule has 0 aliphatic carbocycles. The van der Waals surface area contributed by atoms with Crippen LogP contribution in [0.2, 0.25) is 0 Å². The zero-order valence-corrected chi connectivity index (χ0v) is 17.5. The van der Waals surface area contributed by atoms with Crippen molar-refractivity contribution < 1.29 is 41.4 Å². The first-order valence-corrected chi connectivity index (χ1v) is 9.57. The Hall–Kier alpha value is -3.61. The van der Waals surface area contributed by atoms with Gasteiger partial charge in [0.25, 0.3) is 0 Å². The van der Waals surface area contributed by atoms with Crippen LogP contribution in [0.1, 0.15) is 18.0 Å². The maximum Gasteiger partial charge on any atom is 0.573 e. The highest BCUT2D eigenvalue weighted by atomic mass is 19.4. The van der Waals surface area contributed by atoms with Crippen molar-refractivity contribution in [3.8, 4) is 11.5 Å². The number of halogens is 4. The van der Waals surface area contributed by atoms with E-state index < -0.39 is 35.9 Å². The van der Waals surface area contributed by atoms with E-state index in [9.17, 15) is 27.2 Å². The van der Waals surface area contributed by atoms with Crippen molar-refractivity contribution in [2.75, 3.05) is 37.6 Å². The number of nitrogens with one attached hydrogen (secondary N) is 2. The van der Waals surface area contributed by atoms with Crippen molar-refractivity contribution in [1.82, 2.24) is 10.3 Å². The van der Waals surface area contributed by atoms with Crippen LogP contribution in [0.25, 0.3) is 0 Å². The van der Waals surface area contributed by atoms with E-state index in [0.717, 1.165) is 17.0 Å². The quantitative estimate of drug-likeness (QED) is 0.600. The van der Waals surface area contributed by atoms with E-state index in [-0.39, 0.29) is 36.6 Å². The van der Waals surface area contributed by atoms with Crippen LogP contribution in [-0.2, 0) is 9.53 Å². The summed E-state index contributed by atoms with van der Waals surface area (Å²) >= 11 is 0. The molecule has 0 spiro atoms. The molecule has 0 saturated carbocycles. The number of urea groups is 1. The van der Waals surface area contributed by atoms with Crippen LogP contribution in [0.5, 0.6) is 11.5 Å². The van der Waals surface area contributed by atoms with E-state index in [4.69, 9.17) is 9.47 Å². The topological polar surface area (TPSA) is 102 Å². The predicted molar refractivity (Wildman–Crippen MR) is 108 cm³/mol. The summed E-state index contributed by atoms with van der Waals surface area (Å²) in [6.07, 6.45) is -3.51. The summed E-state index contributed by atoms with van der Waals surface area (Å²) < 4.78 is 65.2. The molecule has 2 aromatic rings. The number of pyridine rings is 1. The number of rotatable bonds is 7. The number of fused-ring (bicyclic) bond motifs is 1. The highest BCUT2D eigenvalue weighted by Crippen LogP contribution is 2.32. The zero-order chi connectivity index (χ0) is 24.2. The van der Waals surface area contributed by atoms with Crippen molar-refractivity contribution in [2.45, 2.75) is 18.8 Å². The number of hydrogen-bond donors (Lipinski definition) is 2. The minimum Gasteiger partial charge on any atom is -0.495 e. The molecule has 0 radical (unpaired) electrons. The number of nitrogens with zero attached hydrogens (tertiary/aromatic N) is 2. The highest BCUT2D eigenvalue weighted by Gasteiger charge is 2.33. The molecule has 0 unspecified atom stereocenters. The second-order valence-corrected chi connectivity index (χ2v) is 6.90. The van der Waals surface area contributed by atoms with Crippen LogP contribution >= 0.6 is 0 Å². The molecule has 3 rings (SSSR count). The summed E-state index contributed by atoms with van der Waals surface area (Å²) in [6, 6.07) is 2.78. The van der Waals surface area contributed by atoms with Gasteiger partial charge < -0.3 is 24.8 Å². The summed E-state index contributed by atoms with van der Waals surface area (Å²) in [4.78, 5) is 30.3. The Kier molecular flexibility index (Phi) is 7.21. The standard InChI is InChI=1S/C20H20F4N4O5/c1-31-6-5-14(11-3-4-16(13(21)7-11)33-20(22,23)24)27-19(30)28-10-17(29)26-15-8-12(32-2)9-25-18(15)28/h3-4,7-9,14H,5-6,10H2,1-2H3,(H,26,29)(H,27,30)/t14-/m1/s1. The van der Waals surface area contributed by atoms with Crippen molar-refractivity contribution in [2.24, 2.45) is 0 Å². The van der Waals surface area contributed by atoms with Gasteiger partial charge in [-0.1, -0.05) is 6.07 Å². The minimum atomic E-state index is -5.05. The van der Waals surface area contributed by atoms with E-state index in [1.807, 2.05) is 0 Å². The van der Waals surface area contributed by atoms with Gasteiger partial charge in [-0.3, -0.25) is 9.69 Å². The molecule has 13 heteroatoms. The molecule has 0 bridgehead atoms. The van der Waals surface area contributed by atoms with Gasteiger partial charge in [-0.15, -0.1) is 13.2 Å². The summed E-state index contributed by atoms with van der Waals surface area (Å²) in [6.45, 7) is -0.179. The number of ether oxygens (including phenoxy) is 3. The normalized spacial score (nSPS) is 14.2. The Bertz CT molecular complexity index is 1030. The van der Waals surface area contributed by atoms with Gasteiger partial charge in [-0.25, -0.2) is 14.2 Å².